The molecule has 0 aromatic heterocycles. The summed E-state index contributed by atoms with van der Waals surface area (Å²) in [5.74, 6) is 0.694. The molecule has 1 heterocycles. The van der Waals surface area contributed by atoms with Crippen molar-refractivity contribution in [3.05, 3.63) is 0 Å². The van der Waals surface area contributed by atoms with E-state index in [1.54, 1.807) is 0 Å². The molecule has 2 atom stereocenters. The summed E-state index contributed by atoms with van der Waals surface area (Å²) in [7, 11) is 2.25. The highest BCUT2D eigenvalue weighted by Gasteiger charge is 2.37. The average molecular weight is 270 g/mol. The van der Waals surface area contributed by atoms with E-state index in [0.29, 0.717) is 12.0 Å². The standard InChI is InChI=1S/C16H34N2O/c1-13(2)14(3)18(7)11-16(8-9-19-12-16)10-17-15(4,5)6/h13-14,17H,8-12H2,1-7H3. The van der Waals surface area contributed by atoms with Crippen LogP contribution in [0.4, 0.5) is 0 Å². The van der Waals surface area contributed by atoms with Gasteiger partial charge >= 0.3 is 0 Å². The fourth-order valence-corrected chi connectivity index (χ4v) is 2.60. The molecule has 0 amide bonds. The van der Waals surface area contributed by atoms with Gasteiger partial charge in [-0.25, -0.2) is 0 Å². The van der Waals surface area contributed by atoms with Crippen LogP contribution >= 0.6 is 0 Å². The SMILES string of the molecule is CC(C)C(C)N(C)CC1(CNC(C)(C)C)CCOC1. The van der Waals surface area contributed by atoms with Gasteiger partial charge in [-0.3, -0.25) is 0 Å². The Bertz CT molecular complexity index is 264. The van der Waals surface area contributed by atoms with E-state index >= 15 is 0 Å². The third-order valence-corrected chi connectivity index (χ3v) is 4.42. The Hall–Kier alpha value is -0.120. The van der Waals surface area contributed by atoms with Crippen molar-refractivity contribution in [3.63, 3.8) is 0 Å². The van der Waals surface area contributed by atoms with Crippen molar-refractivity contribution in [3.8, 4) is 0 Å². The highest BCUT2D eigenvalue weighted by molar-refractivity contribution is 4.91. The Balaban J connectivity index is 2.61. The Morgan fingerprint density at radius 1 is 1.26 bits per heavy atom. The second-order valence-electron chi connectivity index (χ2n) is 7.81. The summed E-state index contributed by atoms with van der Waals surface area (Å²) in [6.07, 6.45) is 1.17. The monoisotopic (exact) mass is 270 g/mol. The minimum atomic E-state index is 0.178. The molecule has 3 heteroatoms. The molecule has 0 bridgehead atoms. The van der Waals surface area contributed by atoms with Crippen molar-refractivity contribution in [2.75, 3.05) is 33.4 Å². The lowest BCUT2D eigenvalue weighted by Gasteiger charge is -2.38. The first kappa shape index (κ1) is 16.9. The van der Waals surface area contributed by atoms with E-state index in [4.69, 9.17) is 4.74 Å². The van der Waals surface area contributed by atoms with Gasteiger partial charge in [-0.2, -0.15) is 0 Å². The van der Waals surface area contributed by atoms with E-state index < -0.39 is 0 Å². The first-order chi connectivity index (χ1) is 8.65. The van der Waals surface area contributed by atoms with Gasteiger partial charge in [-0.05, 0) is 47.1 Å². The molecule has 2 unspecified atom stereocenters. The molecular weight excluding hydrogens is 236 g/mol. The summed E-state index contributed by atoms with van der Waals surface area (Å²) in [4.78, 5) is 2.50. The van der Waals surface area contributed by atoms with Crippen LogP contribution in [0.15, 0.2) is 0 Å². The van der Waals surface area contributed by atoms with E-state index in [2.05, 4.69) is 58.8 Å². The van der Waals surface area contributed by atoms with Crippen LogP contribution < -0.4 is 5.32 Å². The lowest BCUT2D eigenvalue weighted by molar-refractivity contribution is 0.0881. The molecule has 0 aromatic rings. The first-order valence-electron chi connectivity index (χ1n) is 7.68. The van der Waals surface area contributed by atoms with Gasteiger partial charge in [0.1, 0.15) is 0 Å². The third-order valence-electron chi connectivity index (χ3n) is 4.42. The van der Waals surface area contributed by atoms with Gasteiger partial charge in [-0.1, -0.05) is 13.8 Å². The average Bonchev–Trinajstić information content (AvgIpc) is 2.73. The van der Waals surface area contributed by atoms with E-state index in [0.717, 1.165) is 26.3 Å². The molecule has 114 valence electrons. The minimum Gasteiger partial charge on any atom is -0.381 e. The highest BCUT2D eigenvalue weighted by Crippen LogP contribution is 2.30. The zero-order valence-electron chi connectivity index (χ0n) is 14.0. The van der Waals surface area contributed by atoms with Gasteiger partial charge in [0.05, 0.1) is 6.61 Å². The molecule has 19 heavy (non-hydrogen) atoms. The van der Waals surface area contributed by atoms with Gasteiger partial charge in [0, 0.05) is 36.7 Å². The summed E-state index contributed by atoms with van der Waals surface area (Å²) in [6.45, 7) is 17.6. The van der Waals surface area contributed by atoms with Crippen molar-refractivity contribution in [1.82, 2.24) is 10.2 Å². The molecule has 0 spiro atoms. The van der Waals surface area contributed by atoms with Crippen LogP contribution in [0.2, 0.25) is 0 Å². The number of nitrogens with zero attached hydrogens (tertiary/aromatic N) is 1. The molecule has 1 aliphatic heterocycles. The number of ether oxygens (including phenoxy) is 1. The number of hydrogen-bond donors (Lipinski definition) is 1. The number of nitrogens with one attached hydrogen (secondary N) is 1. The van der Waals surface area contributed by atoms with Crippen molar-refractivity contribution in [2.45, 2.75) is 59.5 Å². The van der Waals surface area contributed by atoms with Crippen LogP contribution in [0.25, 0.3) is 0 Å². The molecule has 0 aromatic carbocycles. The number of rotatable bonds is 6. The molecular formula is C16H34N2O. The zero-order chi connectivity index (χ0) is 14.7. The first-order valence-corrected chi connectivity index (χ1v) is 7.68. The third kappa shape index (κ3) is 5.41. The Labute approximate surface area is 120 Å². The Morgan fingerprint density at radius 3 is 2.32 bits per heavy atom. The van der Waals surface area contributed by atoms with E-state index in [-0.39, 0.29) is 11.0 Å². The van der Waals surface area contributed by atoms with Gasteiger partial charge in [-0.15, -0.1) is 0 Å². The van der Waals surface area contributed by atoms with Crippen molar-refractivity contribution in [2.24, 2.45) is 11.3 Å². The summed E-state index contributed by atoms with van der Waals surface area (Å²) in [6, 6.07) is 0.618. The van der Waals surface area contributed by atoms with E-state index in [9.17, 15) is 0 Å². The highest BCUT2D eigenvalue weighted by atomic mass is 16.5. The summed E-state index contributed by atoms with van der Waals surface area (Å²) >= 11 is 0. The summed E-state index contributed by atoms with van der Waals surface area (Å²) in [5, 5.41) is 3.67. The van der Waals surface area contributed by atoms with Crippen LogP contribution in [0.1, 0.15) is 48.0 Å². The van der Waals surface area contributed by atoms with E-state index in [1.807, 2.05) is 0 Å². The predicted molar refractivity (Wildman–Crippen MR) is 82.6 cm³/mol. The maximum atomic E-state index is 5.70. The normalized spacial score (nSPS) is 26.4. The fraction of sp³-hybridized carbons (Fsp3) is 1.00. The maximum absolute atomic E-state index is 5.70. The van der Waals surface area contributed by atoms with Crippen molar-refractivity contribution in [1.29, 1.82) is 0 Å². The van der Waals surface area contributed by atoms with Crippen molar-refractivity contribution >= 4 is 0 Å². The van der Waals surface area contributed by atoms with Crippen LogP contribution in [-0.2, 0) is 4.74 Å². The van der Waals surface area contributed by atoms with Gasteiger partial charge in [0.25, 0.3) is 0 Å². The lowest BCUT2D eigenvalue weighted by Crippen LogP contribution is -2.50. The molecule has 1 N–H and O–H groups in total. The van der Waals surface area contributed by atoms with E-state index in [1.165, 1.54) is 6.42 Å². The Morgan fingerprint density at radius 2 is 1.89 bits per heavy atom. The largest absolute Gasteiger partial charge is 0.381 e. The predicted octanol–water partition coefficient (Wildman–Crippen LogP) is 2.76. The molecule has 0 radical (unpaired) electrons. The van der Waals surface area contributed by atoms with Gasteiger partial charge < -0.3 is 15.0 Å². The number of hydrogen-bond acceptors (Lipinski definition) is 3. The minimum absolute atomic E-state index is 0.178. The molecule has 1 rings (SSSR count). The Kier molecular flexibility index (Phi) is 5.84. The quantitative estimate of drug-likeness (QED) is 0.803. The summed E-state index contributed by atoms with van der Waals surface area (Å²) < 4.78 is 5.70. The molecule has 1 saturated heterocycles. The molecule has 3 nitrogen and oxygen atoms in total. The second-order valence-corrected chi connectivity index (χ2v) is 7.81. The molecule has 1 fully saturated rings. The van der Waals surface area contributed by atoms with Crippen molar-refractivity contribution < 1.29 is 4.74 Å². The fourth-order valence-electron chi connectivity index (χ4n) is 2.60. The van der Waals surface area contributed by atoms with Gasteiger partial charge in [0.15, 0.2) is 0 Å². The lowest BCUT2D eigenvalue weighted by atomic mass is 9.85. The summed E-state index contributed by atoms with van der Waals surface area (Å²) in [5.41, 5.74) is 0.461. The zero-order valence-corrected chi connectivity index (χ0v) is 14.0. The van der Waals surface area contributed by atoms with Crippen LogP contribution in [0.3, 0.4) is 0 Å². The van der Waals surface area contributed by atoms with Crippen LogP contribution in [0.5, 0.6) is 0 Å². The second kappa shape index (κ2) is 6.55. The smallest absolute Gasteiger partial charge is 0.0547 e. The molecule has 1 aliphatic rings. The molecule has 0 aliphatic carbocycles. The molecule has 0 saturated carbocycles. The maximum Gasteiger partial charge on any atom is 0.0547 e. The topological polar surface area (TPSA) is 24.5 Å². The van der Waals surface area contributed by atoms with Crippen LogP contribution in [-0.4, -0.2) is 49.8 Å². The van der Waals surface area contributed by atoms with Crippen LogP contribution in [0, 0.1) is 11.3 Å². The van der Waals surface area contributed by atoms with Gasteiger partial charge in [0.2, 0.25) is 0 Å².